The van der Waals surface area contributed by atoms with Gasteiger partial charge in [0.15, 0.2) is 0 Å². The Labute approximate surface area is 137 Å². The van der Waals surface area contributed by atoms with E-state index in [9.17, 15) is 0 Å². The molecule has 0 bridgehead atoms. The van der Waals surface area contributed by atoms with E-state index in [1.165, 1.54) is 0 Å². The molecule has 0 atom stereocenters. The third kappa shape index (κ3) is 6.02. The first-order valence-corrected chi connectivity index (χ1v) is 7.74. The Bertz CT molecular complexity index is 587. The van der Waals surface area contributed by atoms with Crippen LogP contribution in [-0.2, 0) is 0 Å². The largest absolute Gasteiger partial charge is 0.497 e. The minimum Gasteiger partial charge on any atom is -0.497 e. The molecule has 1 aromatic heterocycles. The number of ether oxygens (including phenoxy) is 2. The predicted octanol–water partition coefficient (Wildman–Crippen LogP) is 3.04. The van der Waals surface area contributed by atoms with E-state index in [2.05, 4.69) is 34.4 Å². The molecule has 1 heterocycles. The molecule has 0 aliphatic heterocycles. The molecular weight excluding hydrogens is 292 g/mol. The van der Waals surface area contributed by atoms with Crippen LogP contribution in [0.25, 0.3) is 0 Å². The van der Waals surface area contributed by atoms with Crippen LogP contribution in [0.15, 0.2) is 36.7 Å². The first-order valence-electron chi connectivity index (χ1n) is 7.74. The summed E-state index contributed by atoms with van der Waals surface area (Å²) in [4.78, 5) is 8.40. The summed E-state index contributed by atoms with van der Waals surface area (Å²) >= 11 is 0. The molecule has 6 nitrogen and oxygen atoms in total. The highest BCUT2D eigenvalue weighted by atomic mass is 16.5. The van der Waals surface area contributed by atoms with Crippen LogP contribution in [0.3, 0.4) is 0 Å². The van der Waals surface area contributed by atoms with Crippen molar-refractivity contribution in [1.29, 1.82) is 0 Å². The van der Waals surface area contributed by atoms with E-state index in [0.717, 1.165) is 29.7 Å². The molecule has 0 aliphatic carbocycles. The SMILES string of the molecule is COc1ccc(OCCNc2cc(NCC(C)C)ncn2)cc1. The van der Waals surface area contributed by atoms with Gasteiger partial charge in [0.1, 0.15) is 36.1 Å². The minimum absolute atomic E-state index is 0.547. The summed E-state index contributed by atoms with van der Waals surface area (Å²) in [5.41, 5.74) is 0. The highest BCUT2D eigenvalue weighted by Gasteiger charge is 2.00. The van der Waals surface area contributed by atoms with Crippen LogP contribution in [-0.4, -0.2) is 36.8 Å². The lowest BCUT2D eigenvalue weighted by Crippen LogP contribution is -2.13. The van der Waals surface area contributed by atoms with Gasteiger partial charge in [-0.15, -0.1) is 0 Å². The van der Waals surface area contributed by atoms with Crippen molar-refractivity contribution < 1.29 is 9.47 Å². The Hall–Kier alpha value is -2.50. The molecule has 0 fully saturated rings. The lowest BCUT2D eigenvalue weighted by atomic mass is 10.2. The van der Waals surface area contributed by atoms with E-state index in [-0.39, 0.29) is 0 Å². The molecule has 0 radical (unpaired) electrons. The van der Waals surface area contributed by atoms with Gasteiger partial charge in [0.05, 0.1) is 13.7 Å². The molecule has 2 N–H and O–H groups in total. The number of rotatable bonds is 9. The van der Waals surface area contributed by atoms with Gasteiger partial charge in [0, 0.05) is 12.6 Å². The average molecular weight is 316 g/mol. The number of benzene rings is 1. The smallest absolute Gasteiger partial charge is 0.131 e. The van der Waals surface area contributed by atoms with Crippen LogP contribution in [0.4, 0.5) is 11.6 Å². The predicted molar refractivity (Wildman–Crippen MR) is 92.3 cm³/mol. The van der Waals surface area contributed by atoms with Crippen LogP contribution >= 0.6 is 0 Å². The topological polar surface area (TPSA) is 68.3 Å². The summed E-state index contributed by atoms with van der Waals surface area (Å²) in [6.07, 6.45) is 1.55. The van der Waals surface area contributed by atoms with E-state index < -0.39 is 0 Å². The van der Waals surface area contributed by atoms with Gasteiger partial charge in [-0.25, -0.2) is 9.97 Å². The summed E-state index contributed by atoms with van der Waals surface area (Å²) in [5.74, 6) is 3.81. The van der Waals surface area contributed by atoms with Crippen molar-refractivity contribution in [3.8, 4) is 11.5 Å². The highest BCUT2D eigenvalue weighted by Crippen LogP contribution is 2.16. The Kier molecular flexibility index (Phi) is 6.47. The first-order chi connectivity index (χ1) is 11.2. The van der Waals surface area contributed by atoms with Gasteiger partial charge in [-0.3, -0.25) is 0 Å². The van der Waals surface area contributed by atoms with E-state index in [1.807, 2.05) is 30.3 Å². The van der Waals surface area contributed by atoms with Crippen LogP contribution < -0.4 is 20.1 Å². The zero-order valence-electron chi connectivity index (χ0n) is 13.9. The van der Waals surface area contributed by atoms with Crippen molar-refractivity contribution in [3.05, 3.63) is 36.7 Å². The van der Waals surface area contributed by atoms with Crippen LogP contribution in [0.2, 0.25) is 0 Å². The summed E-state index contributed by atoms with van der Waals surface area (Å²) in [6, 6.07) is 9.42. The standard InChI is InChI=1S/C17H24N4O2/c1-13(2)11-19-17-10-16(20-12-21-17)18-8-9-23-15-6-4-14(22-3)5-7-15/h4-7,10,12-13H,8-9,11H2,1-3H3,(H2,18,19,20,21). The molecule has 124 valence electrons. The van der Waals surface area contributed by atoms with Gasteiger partial charge in [-0.2, -0.15) is 0 Å². The van der Waals surface area contributed by atoms with Gasteiger partial charge in [-0.1, -0.05) is 13.8 Å². The molecule has 2 rings (SSSR count). The van der Waals surface area contributed by atoms with Crippen LogP contribution in [0.1, 0.15) is 13.8 Å². The Balaban J connectivity index is 1.74. The van der Waals surface area contributed by atoms with Crippen molar-refractivity contribution in [2.75, 3.05) is 37.4 Å². The molecule has 0 unspecified atom stereocenters. The molecule has 6 heteroatoms. The number of nitrogens with one attached hydrogen (secondary N) is 2. The second-order valence-electron chi connectivity index (χ2n) is 5.51. The van der Waals surface area contributed by atoms with Crippen molar-refractivity contribution in [2.45, 2.75) is 13.8 Å². The normalized spacial score (nSPS) is 10.4. The fourth-order valence-corrected chi connectivity index (χ4v) is 1.88. The highest BCUT2D eigenvalue weighted by molar-refractivity contribution is 5.46. The lowest BCUT2D eigenvalue weighted by molar-refractivity contribution is 0.331. The average Bonchev–Trinajstić information content (AvgIpc) is 2.58. The van der Waals surface area contributed by atoms with E-state index >= 15 is 0 Å². The zero-order chi connectivity index (χ0) is 16.5. The Morgan fingerprint density at radius 2 is 1.65 bits per heavy atom. The molecule has 0 aliphatic rings. The van der Waals surface area contributed by atoms with Crippen LogP contribution in [0, 0.1) is 5.92 Å². The van der Waals surface area contributed by atoms with Crippen molar-refractivity contribution in [3.63, 3.8) is 0 Å². The molecule has 23 heavy (non-hydrogen) atoms. The van der Waals surface area contributed by atoms with Crippen molar-refractivity contribution in [2.24, 2.45) is 5.92 Å². The van der Waals surface area contributed by atoms with Gasteiger partial charge in [0.2, 0.25) is 0 Å². The fourth-order valence-electron chi connectivity index (χ4n) is 1.88. The van der Waals surface area contributed by atoms with E-state index in [0.29, 0.717) is 19.1 Å². The van der Waals surface area contributed by atoms with Crippen molar-refractivity contribution >= 4 is 11.6 Å². The second-order valence-corrected chi connectivity index (χ2v) is 5.51. The molecule has 1 aromatic carbocycles. The second kappa shape index (κ2) is 8.82. The number of methoxy groups -OCH3 is 1. The van der Waals surface area contributed by atoms with Crippen LogP contribution in [0.5, 0.6) is 11.5 Å². The number of anilines is 2. The number of hydrogen-bond donors (Lipinski definition) is 2. The summed E-state index contributed by atoms with van der Waals surface area (Å²) in [6.45, 7) is 6.41. The maximum Gasteiger partial charge on any atom is 0.131 e. The van der Waals surface area contributed by atoms with Crippen molar-refractivity contribution in [1.82, 2.24) is 9.97 Å². The molecule has 0 saturated carbocycles. The molecule has 0 spiro atoms. The quantitative estimate of drug-likeness (QED) is 0.693. The molecule has 0 amide bonds. The summed E-state index contributed by atoms with van der Waals surface area (Å²) in [5, 5.41) is 6.50. The van der Waals surface area contributed by atoms with Gasteiger partial charge in [0.25, 0.3) is 0 Å². The maximum absolute atomic E-state index is 5.66. The minimum atomic E-state index is 0.547. The van der Waals surface area contributed by atoms with E-state index in [4.69, 9.17) is 9.47 Å². The first kappa shape index (κ1) is 16.9. The lowest BCUT2D eigenvalue weighted by Gasteiger charge is -2.11. The van der Waals surface area contributed by atoms with E-state index in [1.54, 1.807) is 13.4 Å². The van der Waals surface area contributed by atoms with Gasteiger partial charge < -0.3 is 20.1 Å². The molecule has 2 aromatic rings. The fraction of sp³-hybridized carbons (Fsp3) is 0.412. The number of hydrogen-bond acceptors (Lipinski definition) is 6. The van der Waals surface area contributed by atoms with Gasteiger partial charge >= 0.3 is 0 Å². The maximum atomic E-state index is 5.66. The summed E-state index contributed by atoms with van der Waals surface area (Å²) in [7, 11) is 1.64. The Morgan fingerprint density at radius 1 is 1.00 bits per heavy atom. The molecule has 0 saturated heterocycles. The monoisotopic (exact) mass is 316 g/mol. The third-order valence-corrected chi connectivity index (χ3v) is 3.09. The number of aromatic nitrogens is 2. The third-order valence-electron chi connectivity index (χ3n) is 3.09. The Morgan fingerprint density at radius 3 is 2.30 bits per heavy atom. The molecular formula is C17H24N4O2. The zero-order valence-corrected chi connectivity index (χ0v) is 13.9. The summed E-state index contributed by atoms with van der Waals surface area (Å²) < 4.78 is 10.8. The number of nitrogens with zero attached hydrogens (tertiary/aromatic N) is 2. The van der Waals surface area contributed by atoms with Gasteiger partial charge in [-0.05, 0) is 30.2 Å².